The first-order valence-electron chi connectivity index (χ1n) is 10.9. The van der Waals surface area contributed by atoms with Crippen molar-refractivity contribution >= 4 is 24.3 Å². The van der Waals surface area contributed by atoms with Gasteiger partial charge in [0, 0.05) is 0 Å². The zero-order valence-corrected chi connectivity index (χ0v) is 20.2. The van der Waals surface area contributed by atoms with Crippen LogP contribution in [0, 0.1) is 0 Å². The van der Waals surface area contributed by atoms with Gasteiger partial charge in [0.15, 0.2) is 0 Å². The monoisotopic (exact) mass is 468 g/mol. The Kier molecular flexibility index (Phi) is 13.2. The number of ether oxygens (including phenoxy) is 1. The zero-order valence-electron chi connectivity index (χ0n) is 17.4. The van der Waals surface area contributed by atoms with E-state index in [4.69, 9.17) is 4.74 Å². The van der Waals surface area contributed by atoms with Gasteiger partial charge in [-0.25, -0.2) is 0 Å². The molecule has 0 aliphatic heterocycles. The molecule has 2 nitrogen and oxygen atoms in total. The van der Waals surface area contributed by atoms with E-state index in [1.807, 2.05) is 30.3 Å². The van der Waals surface area contributed by atoms with E-state index in [0.717, 1.165) is 6.42 Å². The Morgan fingerprint density at radius 2 is 1.27 bits per heavy atom. The van der Waals surface area contributed by atoms with Gasteiger partial charge in [-0.3, -0.25) is 0 Å². The molecule has 1 aromatic carbocycles. The third-order valence-electron chi connectivity index (χ3n) is 5.53. The fourth-order valence-corrected chi connectivity index (χ4v) is 20.4. The second-order valence-corrected chi connectivity index (χ2v) is 22.0. The minimum absolute atomic E-state index is 0.177. The van der Waals surface area contributed by atoms with Crippen molar-refractivity contribution in [2.75, 3.05) is 6.61 Å². The van der Waals surface area contributed by atoms with Gasteiger partial charge in [-0.15, -0.1) is 0 Å². The summed E-state index contributed by atoms with van der Waals surface area (Å²) in [5.41, 5.74) is 0.662. The molecule has 0 saturated carbocycles. The molecular weight excluding hydrogens is 427 g/mol. The third kappa shape index (κ3) is 9.43. The molecule has 26 heavy (non-hydrogen) atoms. The van der Waals surface area contributed by atoms with E-state index in [1.165, 1.54) is 49.4 Å². The summed E-state index contributed by atoms with van der Waals surface area (Å²) in [6.45, 7) is 7.57. The summed E-state index contributed by atoms with van der Waals surface area (Å²) in [6, 6.07) is 9.34. The van der Waals surface area contributed by atoms with Crippen LogP contribution in [0.25, 0.3) is 0 Å². The Bertz CT molecular complexity index is 451. The molecule has 0 heterocycles. The molecule has 0 aliphatic rings. The van der Waals surface area contributed by atoms with Crippen molar-refractivity contribution in [3.05, 3.63) is 35.9 Å². The van der Waals surface area contributed by atoms with Crippen molar-refractivity contribution in [3.8, 4) is 0 Å². The second kappa shape index (κ2) is 14.5. The van der Waals surface area contributed by atoms with Gasteiger partial charge in [0.05, 0.1) is 0 Å². The zero-order chi connectivity index (χ0) is 19.1. The van der Waals surface area contributed by atoms with Gasteiger partial charge in [-0.05, 0) is 0 Å². The topological polar surface area (TPSA) is 26.3 Å². The Hall–Kier alpha value is -0.511. The van der Waals surface area contributed by atoms with Crippen LogP contribution in [-0.4, -0.2) is 31.0 Å². The molecule has 0 N–H and O–H groups in total. The van der Waals surface area contributed by atoms with E-state index in [1.54, 1.807) is 13.3 Å². The molecular formula is C23H40O2Sn. The van der Waals surface area contributed by atoms with Gasteiger partial charge in [0.25, 0.3) is 0 Å². The molecule has 0 spiro atoms. The average molecular weight is 467 g/mol. The van der Waals surface area contributed by atoms with Crippen molar-refractivity contribution in [1.29, 1.82) is 0 Å². The van der Waals surface area contributed by atoms with Crippen LogP contribution in [0.1, 0.15) is 82.5 Å². The second-order valence-electron chi connectivity index (χ2n) is 7.77. The number of rotatable bonds is 15. The summed E-state index contributed by atoms with van der Waals surface area (Å²) in [5.74, 6) is -0.177. The van der Waals surface area contributed by atoms with E-state index < -0.39 is 18.4 Å². The van der Waals surface area contributed by atoms with Gasteiger partial charge in [-0.2, -0.15) is 0 Å². The first kappa shape index (κ1) is 23.5. The Morgan fingerprint density at radius 1 is 0.769 bits per heavy atom. The fraction of sp³-hybridized carbons (Fsp3) is 0.696. The van der Waals surface area contributed by atoms with E-state index in [-0.39, 0.29) is 5.97 Å². The van der Waals surface area contributed by atoms with Crippen molar-refractivity contribution in [2.24, 2.45) is 0 Å². The molecule has 1 aromatic rings. The van der Waals surface area contributed by atoms with Gasteiger partial charge >= 0.3 is 166 Å². The molecule has 0 bridgehead atoms. The normalized spacial score (nSPS) is 11.5. The van der Waals surface area contributed by atoms with Crippen molar-refractivity contribution < 1.29 is 9.53 Å². The van der Waals surface area contributed by atoms with E-state index >= 15 is 0 Å². The Balaban J connectivity index is 2.44. The number of carbonyl (C=O) groups is 1. The van der Waals surface area contributed by atoms with Crippen LogP contribution in [0.15, 0.2) is 30.3 Å². The van der Waals surface area contributed by atoms with Crippen LogP contribution < -0.4 is 0 Å². The number of unbranched alkanes of at least 4 members (excludes halogenated alkanes) is 4. The maximum absolute atomic E-state index is 12.0. The van der Waals surface area contributed by atoms with Crippen LogP contribution in [0.3, 0.4) is 0 Å². The number of benzene rings is 1. The fourth-order valence-electron chi connectivity index (χ4n) is 3.83. The molecule has 0 unspecified atom stereocenters. The average Bonchev–Trinajstić information content (AvgIpc) is 2.69. The Morgan fingerprint density at radius 3 is 1.77 bits per heavy atom. The summed E-state index contributed by atoms with van der Waals surface area (Å²) >= 11 is -1.99. The van der Waals surface area contributed by atoms with Crippen molar-refractivity contribution in [2.45, 2.75) is 89.9 Å². The Labute approximate surface area is 166 Å². The molecule has 3 heteroatoms. The molecule has 0 atom stereocenters. The SMILES string of the molecule is CCC[CH2][Sn]([CH2]CCC)([CH2]CCC)[CH2]CCCOC(=O)c1ccccc1. The maximum atomic E-state index is 12.0. The van der Waals surface area contributed by atoms with Crippen LogP contribution in [-0.2, 0) is 4.74 Å². The summed E-state index contributed by atoms with van der Waals surface area (Å²) in [4.78, 5) is 12.0. The van der Waals surface area contributed by atoms with E-state index in [0.29, 0.717) is 12.2 Å². The number of hydrogen-bond donors (Lipinski definition) is 0. The predicted octanol–water partition coefficient (Wildman–Crippen LogP) is 7.47. The van der Waals surface area contributed by atoms with Gasteiger partial charge in [-0.1, -0.05) is 0 Å². The molecule has 0 amide bonds. The van der Waals surface area contributed by atoms with Crippen LogP contribution in [0.5, 0.6) is 0 Å². The van der Waals surface area contributed by atoms with Crippen LogP contribution in [0.4, 0.5) is 0 Å². The molecule has 0 radical (unpaired) electrons. The molecule has 1 rings (SSSR count). The minimum atomic E-state index is -1.99. The van der Waals surface area contributed by atoms with E-state index in [2.05, 4.69) is 20.8 Å². The number of hydrogen-bond acceptors (Lipinski definition) is 2. The summed E-state index contributed by atoms with van der Waals surface area (Å²) in [7, 11) is 0. The van der Waals surface area contributed by atoms with Gasteiger partial charge in [0.2, 0.25) is 0 Å². The first-order valence-corrected chi connectivity index (χ1v) is 19.0. The van der Waals surface area contributed by atoms with Crippen molar-refractivity contribution in [1.82, 2.24) is 0 Å². The summed E-state index contributed by atoms with van der Waals surface area (Å²) in [6.07, 6.45) is 10.6. The summed E-state index contributed by atoms with van der Waals surface area (Å²) in [5, 5.41) is 0. The number of esters is 1. The first-order chi connectivity index (χ1) is 12.7. The predicted molar refractivity (Wildman–Crippen MR) is 116 cm³/mol. The summed E-state index contributed by atoms with van der Waals surface area (Å²) < 4.78 is 11.7. The van der Waals surface area contributed by atoms with Crippen LogP contribution >= 0.6 is 0 Å². The molecule has 148 valence electrons. The molecule has 0 aliphatic carbocycles. The standard InChI is InChI=1S/C11H13O2.3C4H9.Sn/c1-2-3-9-13-11(12)10-7-5-4-6-8-10;3*1-3-4-2;/h4-8H,1-3,9H2;3*1,3-4H2,2H3;. The van der Waals surface area contributed by atoms with Crippen molar-refractivity contribution in [3.63, 3.8) is 0 Å². The molecule has 0 saturated heterocycles. The third-order valence-corrected chi connectivity index (χ3v) is 21.7. The van der Waals surface area contributed by atoms with Gasteiger partial charge in [0.1, 0.15) is 0 Å². The van der Waals surface area contributed by atoms with Gasteiger partial charge < -0.3 is 0 Å². The molecule has 0 aromatic heterocycles. The molecule has 0 fully saturated rings. The number of carbonyl (C=O) groups excluding carboxylic acids is 1. The quantitative estimate of drug-likeness (QED) is 0.152. The van der Waals surface area contributed by atoms with Crippen LogP contribution in [0.2, 0.25) is 17.7 Å². The van der Waals surface area contributed by atoms with E-state index in [9.17, 15) is 4.79 Å².